The van der Waals surface area contributed by atoms with Crippen molar-refractivity contribution in [2.24, 2.45) is 11.1 Å². The Morgan fingerprint density at radius 2 is 1.55 bits per heavy atom. The van der Waals surface area contributed by atoms with E-state index in [1.807, 2.05) is 36.4 Å². The zero-order chi connectivity index (χ0) is 22.8. The highest BCUT2D eigenvalue weighted by atomic mass is 35.5. The quantitative estimate of drug-likeness (QED) is 0.402. The summed E-state index contributed by atoms with van der Waals surface area (Å²) in [4.78, 5) is 5.08. The summed E-state index contributed by atoms with van der Waals surface area (Å²) in [6, 6.07) is 15.4. The van der Waals surface area contributed by atoms with Gasteiger partial charge in [-0.25, -0.2) is 0 Å². The number of rotatable bonds is 2. The Labute approximate surface area is 200 Å². The fourth-order valence-corrected chi connectivity index (χ4v) is 4.62. The standard InChI is InChI=1S/C23H21Cl3N2.C3H8/c1-23(2)11-20(27)18-10-17(13-3-5-14(24)6-4-13)22(28-21(18)12-23)16-8-7-15(25)9-19(16)26;1-3-2/h3-10,20H,11-12,27H2,1-2H3;3H2,1-2H3. The maximum absolute atomic E-state index is 6.55. The van der Waals surface area contributed by atoms with E-state index in [2.05, 4.69) is 33.8 Å². The van der Waals surface area contributed by atoms with Crippen LogP contribution in [0, 0.1) is 5.41 Å². The van der Waals surface area contributed by atoms with Crippen molar-refractivity contribution in [2.75, 3.05) is 0 Å². The Bertz CT molecular complexity index is 1060. The average Bonchev–Trinajstić information content (AvgIpc) is 2.68. The van der Waals surface area contributed by atoms with Gasteiger partial charge < -0.3 is 5.73 Å². The molecule has 0 radical (unpaired) electrons. The van der Waals surface area contributed by atoms with Crippen molar-refractivity contribution < 1.29 is 0 Å². The highest BCUT2D eigenvalue weighted by molar-refractivity contribution is 6.36. The Hall–Kier alpha value is -1.58. The van der Waals surface area contributed by atoms with Crippen LogP contribution in [0.3, 0.4) is 0 Å². The van der Waals surface area contributed by atoms with Crippen molar-refractivity contribution in [3.8, 4) is 22.4 Å². The predicted octanol–water partition coefficient (Wildman–Crippen LogP) is 8.76. The van der Waals surface area contributed by atoms with Gasteiger partial charge in [-0.1, -0.05) is 81.1 Å². The third-order valence-corrected chi connectivity index (χ3v) is 6.09. The normalized spacial score (nSPS) is 16.8. The van der Waals surface area contributed by atoms with E-state index < -0.39 is 0 Å². The maximum atomic E-state index is 6.55. The lowest BCUT2D eigenvalue weighted by Crippen LogP contribution is -2.30. The minimum absolute atomic E-state index is 0.0351. The number of benzene rings is 2. The van der Waals surface area contributed by atoms with Crippen molar-refractivity contribution in [1.82, 2.24) is 4.98 Å². The van der Waals surface area contributed by atoms with Crippen molar-refractivity contribution in [3.05, 3.63) is 74.9 Å². The molecule has 1 heterocycles. The maximum Gasteiger partial charge on any atom is 0.0798 e. The molecule has 4 rings (SSSR count). The molecule has 0 saturated carbocycles. The summed E-state index contributed by atoms with van der Waals surface area (Å²) in [5.41, 5.74) is 12.5. The monoisotopic (exact) mass is 474 g/mol. The van der Waals surface area contributed by atoms with E-state index in [0.717, 1.165) is 46.5 Å². The molecule has 3 aromatic rings. The molecule has 0 amide bonds. The first-order valence-corrected chi connectivity index (χ1v) is 11.8. The predicted molar refractivity (Wildman–Crippen MR) is 135 cm³/mol. The van der Waals surface area contributed by atoms with Gasteiger partial charge in [0.05, 0.1) is 10.7 Å². The van der Waals surface area contributed by atoms with Crippen LogP contribution in [0.15, 0.2) is 48.5 Å². The van der Waals surface area contributed by atoms with E-state index >= 15 is 0 Å². The van der Waals surface area contributed by atoms with Gasteiger partial charge in [-0.05, 0) is 65.8 Å². The summed E-state index contributed by atoms with van der Waals surface area (Å²) >= 11 is 18.8. The van der Waals surface area contributed by atoms with Gasteiger partial charge in [-0.15, -0.1) is 0 Å². The van der Waals surface area contributed by atoms with Crippen LogP contribution in [0.5, 0.6) is 0 Å². The second kappa shape index (κ2) is 9.92. The zero-order valence-electron chi connectivity index (χ0n) is 18.5. The van der Waals surface area contributed by atoms with Crippen LogP contribution in [0.25, 0.3) is 22.4 Å². The molecule has 1 aliphatic rings. The molecule has 0 saturated heterocycles. The molecule has 164 valence electrons. The number of hydrogen-bond donors (Lipinski definition) is 1. The Balaban J connectivity index is 0.000000858. The molecule has 2 nitrogen and oxygen atoms in total. The van der Waals surface area contributed by atoms with Crippen molar-refractivity contribution in [2.45, 2.75) is 53.0 Å². The van der Waals surface area contributed by atoms with Gasteiger partial charge in [-0.2, -0.15) is 0 Å². The minimum Gasteiger partial charge on any atom is -0.324 e. The second-order valence-electron chi connectivity index (χ2n) is 8.91. The van der Waals surface area contributed by atoms with Gasteiger partial charge >= 0.3 is 0 Å². The number of fused-ring (bicyclic) bond motifs is 1. The molecule has 2 N–H and O–H groups in total. The van der Waals surface area contributed by atoms with E-state index in [0.29, 0.717) is 15.1 Å². The van der Waals surface area contributed by atoms with Crippen molar-refractivity contribution in [3.63, 3.8) is 0 Å². The average molecular weight is 476 g/mol. The topological polar surface area (TPSA) is 38.9 Å². The van der Waals surface area contributed by atoms with Crippen LogP contribution in [-0.4, -0.2) is 4.98 Å². The molecule has 2 aromatic carbocycles. The fourth-order valence-electron chi connectivity index (χ4n) is 4.00. The molecule has 0 spiro atoms. The second-order valence-corrected chi connectivity index (χ2v) is 10.2. The van der Waals surface area contributed by atoms with Gasteiger partial charge in [-0.3, -0.25) is 4.98 Å². The van der Waals surface area contributed by atoms with Crippen molar-refractivity contribution in [1.29, 1.82) is 0 Å². The van der Waals surface area contributed by atoms with Gasteiger partial charge in [0.25, 0.3) is 0 Å². The molecule has 31 heavy (non-hydrogen) atoms. The van der Waals surface area contributed by atoms with Crippen LogP contribution in [0.2, 0.25) is 15.1 Å². The zero-order valence-corrected chi connectivity index (χ0v) is 20.7. The first-order chi connectivity index (χ1) is 14.6. The summed E-state index contributed by atoms with van der Waals surface area (Å²) in [6.07, 6.45) is 3.07. The van der Waals surface area contributed by atoms with E-state index in [1.54, 1.807) is 6.07 Å². The lowest BCUT2D eigenvalue weighted by Gasteiger charge is -2.35. The minimum atomic E-state index is -0.0351. The number of hydrogen-bond acceptors (Lipinski definition) is 2. The van der Waals surface area contributed by atoms with Crippen LogP contribution < -0.4 is 5.73 Å². The lowest BCUT2D eigenvalue weighted by molar-refractivity contribution is 0.279. The van der Waals surface area contributed by atoms with Gasteiger partial charge in [0.15, 0.2) is 0 Å². The van der Waals surface area contributed by atoms with Gasteiger partial charge in [0, 0.05) is 32.9 Å². The molecule has 1 unspecified atom stereocenters. The molecule has 1 atom stereocenters. The largest absolute Gasteiger partial charge is 0.324 e. The summed E-state index contributed by atoms with van der Waals surface area (Å²) in [7, 11) is 0. The number of aromatic nitrogens is 1. The van der Waals surface area contributed by atoms with Crippen LogP contribution in [0.1, 0.15) is 57.8 Å². The summed E-state index contributed by atoms with van der Waals surface area (Å²) < 4.78 is 0. The van der Waals surface area contributed by atoms with Crippen LogP contribution >= 0.6 is 34.8 Å². The van der Waals surface area contributed by atoms with Crippen molar-refractivity contribution >= 4 is 34.8 Å². The number of nitrogens with two attached hydrogens (primary N) is 1. The first kappa shape index (κ1) is 24.1. The molecule has 0 fully saturated rings. The third-order valence-electron chi connectivity index (χ3n) is 5.29. The number of pyridine rings is 1. The highest BCUT2D eigenvalue weighted by Gasteiger charge is 2.32. The fraction of sp³-hybridized carbons (Fsp3) is 0.346. The Morgan fingerprint density at radius 3 is 2.16 bits per heavy atom. The molecule has 0 bridgehead atoms. The first-order valence-electron chi connectivity index (χ1n) is 10.7. The van der Waals surface area contributed by atoms with Gasteiger partial charge in [0.1, 0.15) is 0 Å². The number of nitrogens with zero attached hydrogens (tertiary/aromatic N) is 1. The van der Waals surface area contributed by atoms with E-state index in [1.165, 1.54) is 6.42 Å². The Kier molecular flexibility index (Phi) is 7.70. The molecule has 0 aliphatic heterocycles. The third kappa shape index (κ3) is 5.62. The molecule has 1 aliphatic carbocycles. The van der Waals surface area contributed by atoms with Crippen LogP contribution in [-0.2, 0) is 6.42 Å². The SMILES string of the molecule is CC1(C)Cc2nc(-c3ccc(Cl)cc3Cl)c(-c3ccc(Cl)cc3)cc2C(N)C1.CCC. The number of halogens is 3. The smallest absolute Gasteiger partial charge is 0.0798 e. The Morgan fingerprint density at radius 1 is 0.935 bits per heavy atom. The highest BCUT2D eigenvalue weighted by Crippen LogP contribution is 2.44. The van der Waals surface area contributed by atoms with E-state index in [9.17, 15) is 0 Å². The molecular weight excluding hydrogens is 447 g/mol. The van der Waals surface area contributed by atoms with E-state index in [-0.39, 0.29) is 11.5 Å². The van der Waals surface area contributed by atoms with Crippen LogP contribution in [0.4, 0.5) is 0 Å². The molecular formula is C26H29Cl3N2. The lowest BCUT2D eigenvalue weighted by atomic mass is 9.73. The van der Waals surface area contributed by atoms with E-state index in [4.69, 9.17) is 45.5 Å². The molecule has 1 aromatic heterocycles. The summed E-state index contributed by atoms with van der Waals surface area (Å²) in [5, 5.41) is 1.87. The summed E-state index contributed by atoms with van der Waals surface area (Å²) in [5.74, 6) is 0. The molecule has 5 heteroatoms. The summed E-state index contributed by atoms with van der Waals surface area (Å²) in [6.45, 7) is 8.72. The van der Waals surface area contributed by atoms with Gasteiger partial charge in [0.2, 0.25) is 0 Å².